The molecule has 1 aliphatic carbocycles. The van der Waals surface area contributed by atoms with Crippen LogP contribution in [0, 0.1) is 17.1 Å². The maximum Gasteiger partial charge on any atom is 0.247 e. The molecule has 0 unspecified atom stereocenters. The first-order valence-electron chi connectivity index (χ1n) is 13.9. The number of methoxy groups -OCH3 is 1. The topological polar surface area (TPSA) is 110 Å². The van der Waals surface area contributed by atoms with Crippen molar-refractivity contribution in [1.82, 2.24) is 19.8 Å². The molecule has 0 aliphatic heterocycles. The van der Waals surface area contributed by atoms with Gasteiger partial charge in [-0.2, -0.15) is 5.26 Å². The molecule has 1 amide bonds. The number of benzene rings is 2. The van der Waals surface area contributed by atoms with Gasteiger partial charge in [0.25, 0.3) is 0 Å². The predicted octanol–water partition coefficient (Wildman–Crippen LogP) is 4.85. The first-order valence-corrected chi connectivity index (χ1v) is 13.9. The predicted molar refractivity (Wildman–Crippen MR) is 168 cm³/mol. The number of amides is 1. The highest BCUT2D eigenvalue weighted by Crippen LogP contribution is 2.38. The molecule has 1 heterocycles. The van der Waals surface area contributed by atoms with Gasteiger partial charge in [-0.3, -0.25) is 4.79 Å². The van der Waals surface area contributed by atoms with E-state index >= 15 is 0 Å². The lowest BCUT2D eigenvalue weighted by Crippen LogP contribution is -2.29. The summed E-state index contributed by atoms with van der Waals surface area (Å²) in [4.78, 5) is 27.7. The number of likely N-dealkylation sites (N-methyl/N-ethyl adjacent to an activating group) is 2. The maximum atomic E-state index is 13.8. The number of ether oxygens (including phenoxy) is 1. The van der Waals surface area contributed by atoms with E-state index in [1.807, 2.05) is 45.4 Å². The van der Waals surface area contributed by atoms with Gasteiger partial charge in [-0.25, -0.2) is 14.4 Å². The van der Waals surface area contributed by atoms with Crippen molar-refractivity contribution in [3.05, 3.63) is 84.1 Å². The van der Waals surface area contributed by atoms with Gasteiger partial charge in [0.2, 0.25) is 11.9 Å². The molecule has 1 saturated carbocycles. The Labute approximate surface area is 252 Å². The van der Waals surface area contributed by atoms with E-state index in [0.29, 0.717) is 46.5 Å². The summed E-state index contributed by atoms with van der Waals surface area (Å²) in [5.41, 5.74) is 3.86. The van der Waals surface area contributed by atoms with Gasteiger partial charge in [0.15, 0.2) is 0 Å². The Morgan fingerprint density at radius 3 is 2.49 bits per heavy atom. The second-order valence-corrected chi connectivity index (χ2v) is 10.6. The lowest BCUT2D eigenvalue weighted by atomic mass is 10.0. The quantitative estimate of drug-likeness (QED) is 0.273. The molecule has 0 spiro atoms. The SMILES string of the molecule is C=CC(=O)Nc1cc(Nc2ncc(C#N)c(/C(=C/N(C)C3CC3)c3ccc(F)cc3)n2)c(OC)cc1N(C)CCN(C)C. The van der Waals surface area contributed by atoms with Crippen molar-refractivity contribution in [2.45, 2.75) is 18.9 Å². The molecule has 3 aromatic rings. The maximum absolute atomic E-state index is 13.8. The van der Waals surface area contributed by atoms with Crippen molar-refractivity contribution < 1.29 is 13.9 Å². The summed E-state index contributed by atoms with van der Waals surface area (Å²) >= 11 is 0. The number of carbonyl (C=O) groups excluding carboxylic acids is 1. The van der Waals surface area contributed by atoms with Crippen molar-refractivity contribution >= 4 is 34.5 Å². The summed E-state index contributed by atoms with van der Waals surface area (Å²) in [6, 6.07) is 12.3. The number of nitrogens with zero attached hydrogens (tertiary/aromatic N) is 6. The molecule has 0 saturated heterocycles. The summed E-state index contributed by atoms with van der Waals surface area (Å²) in [5, 5.41) is 16.0. The number of aromatic nitrogens is 2. The zero-order chi connectivity index (χ0) is 31.1. The summed E-state index contributed by atoms with van der Waals surface area (Å²) in [7, 11) is 9.46. The normalized spacial score (nSPS) is 12.8. The molecule has 0 radical (unpaired) electrons. The minimum atomic E-state index is -0.357. The molecule has 224 valence electrons. The average Bonchev–Trinajstić information content (AvgIpc) is 3.85. The Bertz CT molecular complexity index is 1540. The van der Waals surface area contributed by atoms with Crippen LogP contribution in [0.25, 0.3) is 5.57 Å². The zero-order valence-corrected chi connectivity index (χ0v) is 25.2. The molecule has 43 heavy (non-hydrogen) atoms. The molecule has 4 rings (SSSR count). The van der Waals surface area contributed by atoms with E-state index in [-0.39, 0.29) is 23.2 Å². The van der Waals surface area contributed by atoms with Crippen LogP contribution in [0.4, 0.5) is 27.4 Å². The van der Waals surface area contributed by atoms with Gasteiger partial charge >= 0.3 is 0 Å². The first kappa shape index (κ1) is 31.0. The van der Waals surface area contributed by atoms with Crippen LogP contribution in [-0.4, -0.2) is 80.1 Å². The minimum Gasteiger partial charge on any atom is -0.494 e. The molecule has 0 bridgehead atoms. The summed E-state index contributed by atoms with van der Waals surface area (Å²) < 4.78 is 19.5. The van der Waals surface area contributed by atoms with Gasteiger partial charge in [-0.15, -0.1) is 0 Å². The Balaban J connectivity index is 1.77. The van der Waals surface area contributed by atoms with Crippen molar-refractivity contribution in [3.8, 4) is 11.8 Å². The third-order valence-electron chi connectivity index (χ3n) is 7.08. The fourth-order valence-electron chi connectivity index (χ4n) is 4.45. The zero-order valence-electron chi connectivity index (χ0n) is 25.2. The second kappa shape index (κ2) is 13.8. The number of halogens is 1. The highest BCUT2D eigenvalue weighted by atomic mass is 19.1. The molecule has 2 aromatic carbocycles. The average molecular weight is 585 g/mol. The van der Waals surface area contributed by atoms with E-state index in [0.717, 1.165) is 25.1 Å². The Morgan fingerprint density at radius 2 is 1.88 bits per heavy atom. The van der Waals surface area contributed by atoms with Crippen LogP contribution in [0.5, 0.6) is 5.75 Å². The summed E-state index contributed by atoms with van der Waals surface area (Å²) in [6.07, 6.45) is 6.76. The van der Waals surface area contributed by atoms with Crippen LogP contribution >= 0.6 is 0 Å². The third-order valence-corrected chi connectivity index (χ3v) is 7.08. The molecule has 10 nitrogen and oxygen atoms in total. The van der Waals surface area contributed by atoms with Gasteiger partial charge in [-0.1, -0.05) is 18.7 Å². The van der Waals surface area contributed by atoms with E-state index in [4.69, 9.17) is 9.72 Å². The molecule has 2 N–H and O–H groups in total. The summed E-state index contributed by atoms with van der Waals surface area (Å²) in [6.45, 7) is 5.08. The van der Waals surface area contributed by atoms with Crippen molar-refractivity contribution in [2.75, 3.05) is 63.9 Å². The van der Waals surface area contributed by atoms with Crippen molar-refractivity contribution in [3.63, 3.8) is 0 Å². The Kier molecular flexibility index (Phi) is 9.95. The van der Waals surface area contributed by atoms with E-state index in [2.05, 4.69) is 38.1 Å². The van der Waals surface area contributed by atoms with Gasteiger partial charge < -0.3 is 30.1 Å². The van der Waals surface area contributed by atoms with E-state index in [1.54, 1.807) is 25.3 Å². The van der Waals surface area contributed by atoms with Crippen LogP contribution in [0.2, 0.25) is 0 Å². The van der Waals surface area contributed by atoms with Gasteiger partial charge in [0.05, 0.1) is 41.6 Å². The lowest BCUT2D eigenvalue weighted by molar-refractivity contribution is -0.111. The fourth-order valence-corrected chi connectivity index (χ4v) is 4.45. The van der Waals surface area contributed by atoms with Gasteiger partial charge in [0, 0.05) is 51.1 Å². The van der Waals surface area contributed by atoms with Crippen LogP contribution in [0.3, 0.4) is 0 Å². The van der Waals surface area contributed by atoms with Crippen LogP contribution in [0.1, 0.15) is 29.7 Å². The first-order chi connectivity index (χ1) is 20.6. The van der Waals surface area contributed by atoms with Crippen molar-refractivity contribution in [1.29, 1.82) is 5.26 Å². The molecular formula is C32H37FN8O2. The smallest absolute Gasteiger partial charge is 0.247 e. The number of nitrogens with one attached hydrogen (secondary N) is 2. The number of nitriles is 1. The Hall–Kier alpha value is -4.95. The van der Waals surface area contributed by atoms with Crippen LogP contribution < -0.4 is 20.3 Å². The van der Waals surface area contributed by atoms with Gasteiger partial charge in [0.1, 0.15) is 17.6 Å². The van der Waals surface area contributed by atoms with Crippen molar-refractivity contribution in [2.24, 2.45) is 0 Å². The van der Waals surface area contributed by atoms with E-state index < -0.39 is 0 Å². The molecule has 1 aromatic heterocycles. The minimum absolute atomic E-state index is 0.212. The lowest BCUT2D eigenvalue weighted by Gasteiger charge is -2.26. The molecule has 1 fully saturated rings. The number of hydrogen-bond acceptors (Lipinski definition) is 9. The Morgan fingerprint density at radius 1 is 1.16 bits per heavy atom. The monoisotopic (exact) mass is 584 g/mol. The van der Waals surface area contributed by atoms with Crippen LogP contribution in [0.15, 0.2) is 61.4 Å². The summed E-state index contributed by atoms with van der Waals surface area (Å²) in [5.74, 6) is 0.000251. The third kappa shape index (κ3) is 7.87. The standard InChI is InChI=1S/C32H37FN8O2/c1-7-30(42)36-26-16-27(29(43-6)17-28(26)40(4)15-14-39(2)3)37-32-35-19-22(18-34)31(38-32)25(20-41(5)24-12-13-24)21-8-10-23(33)11-9-21/h7-11,16-17,19-20,24H,1,12-15H2,2-6H3,(H,36,42)(H,35,37,38)/b25-20+. The van der Waals surface area contributed by atoms with E-state index in [9.17, 15) is 14.4 Å². The number of hydrogen-bond donors (Lipinski definition) is 2. The van der Waals surface area contributed by atoms with Gasteiger partial charge in [-0.05, 0) is 56.8 Å². The highest BCUT2D eigenvalue weighted by Gasteiger charge is 2.26. The highest BCUT2D eigenvalue weighted by molar-refractivity contribution is 6.02. The molecule has 11 heteroatoms. The van der Waals surface area contributed by atoms with Crippen LogP contribution in [-0.2, 0) is 4.79 Å². The molecular weight excluding hydrogens is 547 g/mol. The largest absolute Gasteiger partial charge is 0.494 e. The fraction of sp³-hybridized carbons (Fsp3) is 0.312. The molecule has 0 atom stereocenters. The number of rotatable bonds is 13. The number of carbonyl (C=O) groups is 1. The second-order valence-electron chi connectivity index (χ2n) is 10.6. The van der Waals surface area contributed by atoms with E-state index in [1.165, 1.54) is 24.4 Å². The molecule has 1 aliphatic rings. The number of anilines is 4.